The van der Waals surface area contributed by atoms with E-state index in [1.165, 1.54) is 14.2 Å². The third-order valence-electron chi connectivity index (χ3n) is 1.43. The highest BCUT2D eigenvalue weighted by Crippen LogP contribution is 2.43. The van der Waals surface area contributed by atoms with Crippen molar-refractivity contribution in [2.75, 3.05) is 14.2 Å². The van der Waals surface area contributed by atoms with Crippen molar-refractivity contribution in [3.05, 3.63) is 12.8 Å². The zero-order valence-corrected chi connectivity index (χ0v) is 7.84. The topological polar surface area (TPSA) is 60.0 Å². The number of aromatic amines is 1. The molecule has 5 nitrogen and oxygen atoms in total. The summed E-state index contributed by atoms with van der Waals surface area (Å²) >= 11 is 0. The monoisotopic (exact) mass is 187 g/mol. The van der Waals surface area contributed by atoms with Gasteiger partial charge in [-0.05, 0) is 0 Å². The second-order valence-electron chi connectivity index (χ2n) is 1.91. The second-order valence-corrected chi connectivity index (χ2v) is 4.51. The number of hydrogen-bond acceptors (Lipinski definition) is 4. The summed E-state index contributed by atoms with van der Waals surface area (Å²) in [5.74, 6) is 0. The van der Waals surface area contributed by atoms with Gasteiger partial charge in [-0.3, -0.25) is 5.10 Å². The summed E-state index contributed by atoms with van der Waals surface area (Å²) in [7, 11) is 0.754. The van der Waals surface area contributed by atoms with Crippen LogP contribution in [-0.4, -0.2) is 35.1 Å². The van der Waals surface area contributed by atoms with Crippen molar-refractivity contribution in [2.45, 2.75) is 0 Å². The van der Waals surface area contributed by atoms with E-state index in [0.29, 0.717) is 5.44 Å². The minimum Gasteiger partial charge on any atom is -0.330 e. The Morgan fingerprint density at radius 1 is 1.58 bits per heavy atom. The van der Waals surface area contributed by atoms with Gasteiger partial charge in [0.25, 0.3) is 0 Å². The first-order valence-corrected chi connectivity index (χ1v) is 4.83. The Morgan fingerprint density at radius 3 is 2.58 bits per heavy atom. The van der Waals surface area contributed by atoms with Crippen molar-refractivity contribution in [3.63, 3.8) is 0 Å². The van der Waals surface area contributed by atoms with Crippen LogP contribution in [0.1, 0.15) is 0 Å². The fraction of sp³-hybridized carbons (Fsp3) is 0.333. The average molecular weight is 187 g/mol. The minimum atomic E-state index is -2.31. The average Bonchev–Trinajstić information content (AvgIpc) is 2.62. The molecular weight excluding hydrogens is 177 g/mol. The first-order chi connectivity index (χ1) is 5.79. The van der Waals surface area contributed by atoms with Crippen molar-refractivity contribution in [1.29, 1.82) is 0 Å². The highest BCUT2D eigenvalue weighted by atomic mass is 31.2. The van der Waals surface area contributed by atoms with Crippen LogP contribution < -0.4 is 5.44 Å². The van der Waals surface area contributed by atoms with Gasteiger partial charge in [-0.15, -0.1) is 5.10 Å². The smallest absolute Gasteiger partial charge is 0.218 e. The van der Waals surface area contributed by atoms with E-state index in [1.54, 1.807) is 6.20 Å². The molecule has 0 saturated carbocycles. The van der Waals surface area contributed by atoms with Crippen LogP contribution >= 0.6 is 7.34 Å². The highest BCUT2D eigenvalue weighted by molar-refractivity contribution is 7.72. The first kappa shape index (κ1) is 9.23. The molecule has 12 heavy (non-hydrogen) atoms. The van der Waals surface area contributed by atoms with Crippen LogP contribution in [0.3, 0.4) is 0 Å². The lowest BCUT2D eigenvalue weighted by molar-refractivity contribution is 0.345. The van der Waals surface area contributed by atoms with Gasteiger partial charge in [0.1, 0.15) is 0 Å². The Labute approximate surface area is 70.5 Å². The number of rotatable bonds is 3. The van der Waals surface area contributed by atoms with E-state index in [-0.39, 0.29) is 0 Å². The van der Waals surface area contributed by atoms with Gasteiger partial charge in [0, 0.05) is 14.2 Å². The molecule has 1 aromatic rings. The third-order valence-corrected chi connectivity index (χ3v) is 3.69. The predicted octanol–water partition coefficient (Wildman–Crippen LogP) is 0.157. The van der Waals surface area contributed by atoms with Gasteiger partial charge in [0.05, 0.1) is 6.20 Å². The van der Waals surface area contributed by atoms with Gasteiger partial charge in [0.2, 0.25) is 7.34 Å². The summed E-state index contributed by atoms with van der Waals surface area (Å²) in [6.07, 6.45) is 1.61. The minimum absolute atomic E-state index is 0.600. The molecule has 0 fully saturated rings. The quantitative estimate of drug-likeness (QED) is 0.684. The highest BCUT2D eigenvalue weighted by Gasteiger charge is 2.21. The number of nitrogens with one attached hydrogen (secondary N) is 1. The fourth-order valence-electron chi connectivity index (χ4n) is 0.811. The predicted molar refractivity (Wildman–Crippen MR) is 47.6 cm³/mol. The van der Waals surface area contributed by atoms with Crippen molar-refractivity contribution >= 4 is 18.2 Å². The van der Waals surface area contributed by atoms with Gasteiger partial charge in [-0.1, -0.05) is 17.2 Å². The summed E-state index contributed by atoms with van der Waals surface area (Å²) in [5, 5.41) is 9.93. The Kier molecular flexibility index (Phi) is 2.84. The number of hydrogen-bond donors (Lipinski definition) is 1. The zero-order valence-electron chi connectivity index (χ0n) is 6.94. The summed E-state index contributed by atoms with van der Waals surface area (Å²) < 4.78 is 10.3. The normalized spacial score (nSPS) is 11.2. The molecule has 1 rings (SSSR count). The molecule has 1 N–H and O–H groups in total. The zero-order chi connectivity index (χ0) is 9.03. The van der Waals surface area contributed by atoms with E-state index in [2.05, 4.69) is 27.4 Å². The fourth-order valence-corrected chi connectivity index (χ4v) is 2.14. The van der Waals surface area contributed by atoms with Crippen molar-refractivity contribution in [3.8, 4) is 0 Å². The van der Waals surface area contributed by atoms with Crippen molar-refractivity contribution < 1.29 is 9.05 Å². The maximum absolute atomic E-state index is 5.17. The van der Waals surface area contributed by atoms with E-state index in [0.717, 1.165) is 0 Å². The molecule has 0 amide bonds. The molecule has 0 bridgehead atoms. The van der Waals surface area contributed by atoms with Crippen LogP contribution in [0.4, 0.5) is 0 Å². The largest absolute Gasteiger partial charge is 0.330 e. The van der Waals surface area contributed by atoms with Gasteiger partial charge in [-0.25, -0.2) is 0 Å². The Balaban J connectivity index is 3.21. The van der Waals surface area contributed by atoms with Gasteiger partial charge in [0.15, 0.2) is 5.44 Å². The number of nitrogens with zero attached hydrogens (tertiary/aromatic N) is 2. The maximum Gasteiger partial charge on any atom is 0.218 e. The van der Waals surface area contributed by atoms with E-state index >= 15 is 0 Å². The molecule has 0 aliphatic heterocycles. The molecule has 0 aliphatic rings. The van der Waals surface area contributed by atoms with Gasteiger partial charge < -0.3 is 9.05 Å². The second kappa shape index (κ2) is 3.70. The van der Waals surface area contributed by atoms with E-state index in [9.17, 15) is 0 Å². The molecular formula is C6H10N3O2P. The molecule has 0 aliphatic carbocycles. The van der Waals surface area contributed by atoms with Crippen LogP contribution in [0.25, 0.3) is 0 Å². The molecule has 0 unspecified atom stereocenters. The SMILES string of the molecule is C=C=P(OC)(OC)c1c[nH]nn1. The van der Waals surface area contributed by atoms with Crippen molar-refractivity contribution in [1.82, 2.24) is 15.4 Å². The third kappa shape index (κ3) is 1.36. The molecule has 0 atom stereocenters. The molecule has 0 saturated heterocycles. The van der Waals surface area contributed by atoms with E-state index in [1.807, 2.05) is 0 Å². The summed E-state index contributed by atoms with van der Waals surface area (Å²) in [5.41, 5.74) is 3.31. The van der Waals surface area contributed by atoms with E-state index in [4.69, 9.17) is 9.05 Å². The van der Waals surface area contributed by atoms with Crippen LogP contribution in [0.2, 0.25) is 0 Å². The molecule has 0 spiro atoms. The Hall–Kier alpha value is -0.860. The lowest BCUT2D eigenvalue weighted by atomic mass is 10.9. The van der Waals surface area contributed by atoms with Gasteiger partial charge in [-0.2, -0.15) is 0 Å². The summed E-state index contributed by atoms with van der Waals surface area (Å²) in [4.78, 5) is 0. The Morgan fingerprint density at radius 2 is 2.25 bits per heavy atom. The van der Waals surface area contributed by atoms with Crippen LogP contribution in [0.15, 0.2) is 12.8 Å². The lowest BCUT2D eigenvalue weighted by Gasteiger charge is -2.15. The number of aromatic nitrogens is 3. The first-order valence-electron chi connectivity index (χ1n) is 3.21. The molecule has 0 radical (unpaired) electrons. The molecule has 1 heterocycles. The van der Waals surface area contributed by atoms with Crippen LogP contribution in [0.5, 0.6) is 0 Å². The molecule has 1 aromatic heterocycles. The molecule has 66 valence electrons. The summed E-state index contributed by atoms with van der Waals surface area (Å²) in [6.45, 7) is 3.52. The van der Waals surface area contributed by atoms with E-state index < -0.39 is 7.34 Å². The molecule has 6 heteroatoms. The lowest BCUT2D eigenvalue weighted by Crippen LogP contribution is -2.09. The van der Waals surface area contributed by atoms with Crippen molar-refractivity contribution in [2.24, 2.45) is 0 Å². The standard InChI is InChI=1S/C6H10N3O2P/c1-4-12(10-2,11-3)6-5-7-9-8-6/h5H,1H2,2-3H3,(H,7,8,9). The van der Waals surface area contributed by atoms with Crippen LogP contribution in [-0.2, 0) is 9.05 Å². The number of H-pyrrole nitrogens is 1. The Bertz CT molecular complexity index is 308. The molecule has 0 aromatic carbocycles. The summed E-state index contributed by atoms with van der Waals surface area (Å²) in [6, 6.07) is 0. The van der Waals surface area contributed by atoms with Gasteiger partial charge >= 0.3 is 0 Å². The van der Waals surface area contributed by atoms with Crippen LogP contribution in [0, 0.1) is 0 Å². The maximum atomic E-state index is 5.17.